The van der Waals surface area contributed by atoms with Crippen LogP contribution in [0.25, 0.3) is 0 Å². The third kappa shape index (κ3) is 11.6. The van der Waals surface area contributed by atoms with E-state index < -0.39 is 12.1 Å². The molecule has 0 saturated carbocycles. The number of guanidine groups is 2. The van der Waals surface area contributed by atoms with Crippen molar-refractivity contribution in [2.45, 2.75) is 44.2 Å². The predicted octanol–water partition coefficient (Wildman–Crippen LogP) is -2.96. The number of rotatable bonds is 12. The molecule has 144 valence electrons. The van der Waals surface area contributed by atoms with Gasteiger partial charge in [0.25, 0.3) is 0 Å². The Morgan fingerprint density at radius 2 is 1.44 bits per heavy atom. The van der Waals surface area contributed by atoms with Crippen LogP contribution in [-0.2, 0) is 9.59 Å². The number of aliphatic imine (C=N–C) groups is 2. The molecule has 0 fully saturated rings. The highest BCUT2D eigenvalue weighted by Gasteiger charge is 2.22. The van der Waals surface area contributed by atoms with E-state index in [9.17, 15) is 9.59 Å². The van der Waals surface area contributed by atoms with Crippen LogP contribution in [0.15, 0.2) is 9.98 Å². The standard InChI is InChI=1S/C14H31N9O2/c1-20-12(25)10(6-2-3-7-21-13(16)17)23-11(24)9(15)5-4-8-22-14(18)19/h9-10H,2-8,15H2,1H3,(H,20,25)(H,23,24)(H4,16,17,21)(H4,18,19,22)/t9-,10+/m1/s1. The first-order valence-corrected chi connectivity index (χ1v) is 8.16. The van der Waals surface area contributed by atoms with Crippen LogP contribution in [-0.4, -0.2) is 56.0 Å². The molecule has 0 aliphatic carbocycles. The number of unbranched alkanes of at least 4 members (excludes halogenated alkanes) is 1. The summed E-state index contributed by atoms with van der Waals surface area (Å²) in [7, 11) is 1.51. The summed E-state index contributed by atoms with van der Waals surface area (Å²) in [5.74, 6) is -0.633. The fourth-order valence-electron chi connectivity index (χ4n) is 2.04. The number of nitrogens with one attached hydrogen (secondary N) is 2. The number of hydrogen-bond acceptors (Lipinski definition) is 5. The number of nitrogens with zero attached hydrogens (tertiary/aromatic N) is 2. The Morgan fingerprint density at radius 1 is 0.880 bits per heavy atom. The first-order chi connectivity index (χ1) is 11.8. The maximum Gasteiger partial charge on any atom is 0.242 e. The summed E-state index contributed by atoms with van der Waals surface area (Å²) < 4.78 is 0. The van der Waals surface area contributed by atoms with Gasteiger partial charge in [0.05, 0.1) is 6.04 Å². The number of likely N-dealkylation sites (N-methyl/N-ethyl adjacent to an activating group) is 1. The summed E-state index contributed by atoms with van der Waals surface area (Å²) in [5.41, 5.74) is 26.8. The predicted molar refractivity (Wildman–Crippen MR) is 98.4 cm³/mol. The number of carbonyl (C=O) groups excluding carboxylic acids is 2. The maximum absolute atomic E-state index is 12.1. The molecule has 2 amide bonds. The zero-order valence-electron chi connectivity index (χ0n) is 14.7. The highest BCUT2D eigenvalue weighted by Crippen LogP contribution is 2.04. The smallest absolute Gasteiger partial charge is 0.242 e. The number of carbonyl (C=O) groups is 2. The molecule has 11 nitrogen and oxygen atoms in total. The normalized spacial score (nSPS) is 12.6. The molecule has 0 aliphatic heterocycles. The molecule has 0 saturated heterocycles. The van der Waals surface area contributed by atoms with Gasteiger partial charge in [0.2, 0.25) is 11.8 Å². The van der Waals surface area contributed by atoms with Gasteiger partial charge in [-0.1, -0.05) is 0 Å². The van der Waals surface area contributed by atoms with Gasteiger partial charge in [-0.3, -0.25) is 19.6 Å². The van der Waals surface area contributed by atoms with E-state index in [1.165, 1.54) is 7.05 Å². The summed E-state index contributed by atoms with van der Waals surface area (Å²) in [6, 6.07) is -1.39. The second-order valence-electron chi connectivity index (χ2n) is 5.53. The van der Waals surface area contributed by atoms with Crippen molar-refractivity contribution < 1.29 is 9.59 Å². The Bertz CT molecular complexity index is 471. The molecule has 0 heterocycles. The first kappa shape index (κ1) is 22.4. The van der Waals surface area contributed by atoms with Gasteiger partial charge in [-0.05, 0) is 32.1 Å². The van der Waals surface area contributed by atoms with Crippen molar-refractivity contribution in [3.05, 3.63) is 0 Å². The van der Waals surface area contributed by atoms with Crippen molar-refractivity contribution >= 4 is 23.7 Å². The molecule has 0 unspecified atom stereocenters. The average molecular weight is 357 g/mol. The highest BCUT2D eigenvalue weighted by atomic mass is 16.2. The van der Waals surface area contributed by atoms with Gasteiger partial charge in [-0.15, -0.1) is 0 Å². The number of amides is 2. The minimum absolute atomic E-state index is 0.00145. The zero-order chi connectivity index (χ0) is 19.2. The van der Waals surface area contributed by atoms with Crippen LogP contribution in [0.2, 0.25) is 0 Å². The maximum atomic E-state index is 12.1. The van der Waals surface area contributed by atoms with Crippen LogP contribution in [0.5, 0.6) is 0 Å². The van der Waals surface area contributed by atoms with Gasteiger partial charge in [-0.25, -0.2) is 0 Å². The Balaban J connectivity index is 4.34. The van der Waals surface area contributed by atoms with Crippen molar-refractivity contribution in [2.24, 2.45) is 38.7 Å². The monoisotopic (exact) mass is 357 g/mol. The van der Waals surface area contributed by atoms with Gasteiger partial charge in [0.1, 0.15) is 6.04 Å². The molecule has 0 radical (unpaired) electrons. The molecule has 0 aliphatic rings. The van der Waals surface area contributed by atoms with E-state index in [1.807, 2.05) is 0 Å². The lowest BCUT2D eigenvalue weighted by Crippen LogP contribution is -2.51. The van der Waals surface area contributed by atoms with Crippen LogP contribution < -0.4 is 39.3 Å². The summed E-state index contributed by atoms with van der Waals surface area (Å²) in [6.45, 7) is 0.869. The molecule has 25 heavy (non-hydrogen) atoms. The Hall–Kier alpha value is -2.56. The molecular formula is C14H31N9O2. The van der Waals surface area contributed by atoms with E-state index >= 15 is 0 Å². The van der Waals surface area contributed by atoms with E-state index in [2.05, 4.69) is 20.6 Å². The van der Waals surface area contributed by atoms with Crippen LogP contribution in [0.4, 0.5) is 0 Å². The summed E-state index contributed by atoms with van der Waals surface area (Å²) >= 11 is 0. The van der Waals surface area contributed by atoms with E-state index in [0.29, 0.717) is 45.2 Å². The second-order valence-corrected chi connectivity index (χ2v) is 5.53. The molecule has 0 aromatic rings. The van der Waals surface area contributed by atoms with Crippen LogP contribution in [0.3, 0.4) is 0 Å². The summed E-state index contributed by atoms with van der Waals surface area (Å²) in [5, 5.41) is 5.20. The molecule has 2 atom stereocenters. The Labute approximate surface area is 147 Å². The molecule has 0 aromatic heterocycles. The molecule has 12 N–H and O–H groups in total. The van der Waals surface area contributed by atoms with E-state index in [0.717, 1.165) is 0 Å². The molecule has 0 spiro atoms. The largest absolute Gasteiger partial charge is 0.370 e. The molecular weight excluding hydrogens is 326 g/mol. The number of nitrogens with two attached hydrogens (primary N) is 5. The SMILES string of the molecule is CNC(=O)[C@H](CCCCN=C(N)N)NC(=O)[C@H](N)CCCN=C(N)N. The van der Waals surface area contributed by atoms with Gasteiger partial charge < -0.3 is 39.3 Å². The zero-order valence-corrected chi connectivity index (χ0v) is 14.7. The highest BCUT2D eigenvalue weighted by molar-refractivity contribution is 5.89. The fraction of sp³-hybridized carbons (Fsp3) is 0.714. The lowest BCUT2D eigenvalue weighted by atomic mass is 10.1. The molecule has 11 heteroatoms. The molecule has 0 aromatic carbocycles. The van der Waals surface area contributed by atoms with Crippen LogP contribution >= 0.6 is 0 Å². The van der Waals surface area contributed by atoms with Crippen LogP contribution in [0.1, 0.15) is 32.1 Å². The number of hydrogen-bond donors (Lipinski definition) is 7. The van der Waals surface area contributed by atoms with Crippen molar-refractivity contribution in [2.75, 3.05) is 20.1 Å². The van der Waals surface area contributed by atoms with Crippen molar-refractivity contribution in [1.82, 2.24) is 10.6 Å². The fourth-order valence-corrected chi connectivity index (χ4v) is 2.04. The van der Waals surface area contributed by atoms with Gasteiger partial charge in [0.15, 0.2) is 11.9 Å². The van der Waals surface area contributed by atoms with Crippen LogP contribution in [0, 0.1) is 0 Å². The molecule has 0 rings (SSSR count). The van der Waals surface area contributed by atoms with Crippen molar-refractivity contribution in [1.29, 1.82) is 0 Å². The summed E-state index contributed by atoms with van der Waals surface area (Å²) in [4.78, 5) is 31.7. The first-order valence-electron chi connectivity index (χ1n) is 8.16. The summed E-state index contributed by atoms with van der Waals surface area (Å²) in [6.07, 6.45) is 2.82. The lowest BCUT2D eigenvalue weighted by molar-refractivity contribution is -0.129. The second kappa shape index (κ2) is 12.8. The van der Waals surface area contributed by atoms with Crippen molar-refractivity contribution in [3.8, 4) is 0 Å². The lowest BCUT2D eigenvalue weighted by Gasteiger charge is -2.19. The minimum Gasteiger partial charge on any atom is -0.370 e. The topological polar surface area (TPSA) is 213 Å². The van der Waals surface area contributed by atoms with E-state index in [1.54, 1.807) is 0 Å². The third-order valence-electron chi connectivity index (χ3n) is 3.38. The van der Waals surface area contributed by atoms with E-state index in [4.69, 9.17) is 28.7 Å². The van der Waals surface area contributed by atoms with Gasteiger partial charge >= 0.3 is 0 Å². The molecule has 0 bridgehead atoms. The Morgan fingerprint density at radius 3 is 1.96 bits per heavy atom. The van der Waals surface area contributed by atoms with Gasteiger partial charge in [-0.2, -0.15) is 0 Å². The van der Waals surface area contributed by atoms with E-state index in [-0.39, 0.29) is 23.7 Å². The third-order valence-corrected chi connectivity index (χ3v) is 3.38. The quantitative estimate of drug-likeness (QED) is 0.109. The minimum atomic E-state index is -0.733. The Kier molecular flexibility index (Phi) is 11.5. The van der Waals surface area contributed by atoms with Gasteiger partial charge in [0, 0.05) is 20.1 Å². The average Bonchev–Trinajstić information content (AvgIpc) is 2.55. The van der Waals surface area contributed by atoms with Crippen molar-refractivity contribution in [3.63, 3.8) is 0 Å².